The minimum absolute atomic E-state index is 0.122. The molecule has 3 aliphatic rings. The van der Waals surface area contributed by atoms with Gasteiger partial charge in [0.15, 0.2) is 5.82 Å². The molecule has 8 nitrogen and oxygen atoms in total. The van der Waals surface area contributed by atoms with Crippen molar-refractivity contribution in [2.75, 3.05) is 25.0 Å². The van der Waals surface area contributed by atoms with E-state index in [-0.39, 0.29) is 17.7 Å². The number of ether oxygens (including phenoxy) is 1. The number of nitrogens with zero attached hydrogens (tertiary/aromatic N) is 4. The predicted octanol–water partition coefficient (Wildman–Crippen LogP) is 2.45. The van der Waals surface area contributed by atoms with E-state index in [0.717, 1.165) is 32.2 Å². The Morgan fingerprint density at radius 2 is 2.00 bits per heavy atom. The van der Waals surface area contributed by atoms with Gasteiger partial charge < -0.3 is 14.5 Å². The van der Waals surface area contributed by atoms with Crippen LogP contribution >= 0.6 is 0 Å². The highest BCUT2D eigenvalue weighted by Gasteiger charge is 2.54. The van der Waals surface area contributed by atoms with Crippen molar-refractivity contribution < 1.29 is 14.3 Å². The van der Waals surface area contributed by atoms with E-state index in [1.807, 2.05) is 36.4 Å². The Morgan fingerprint density at radius 3 is 2.69 bits per heavy atom. The number of fused-ring (bicyclic) bond motifs is 1. The number of amides is 3. The van der Waals surface area contributed by atoms with Crippen molar-refractivity contribution in [3.63, 3.8) is 0 Å². The lowest BCUT2D eigenvalue weighted by atomic mass is 9.87. The fourth-order valence-corrected chi connectivity index (χ4v) is 4.20. The van der Waals surface area contributed by atoms with Crippen molar-refractivity contribution in [1.82, 2.24) is 19.6 Å². The molecule has 3 amide bonds. The van der Waals surface area contributed by atoms with Crippen molar-refractivity contribution in [2.45, 2.75) is 64.1 Å². The van der Waals surface area contributed by atoms with Crippen LogP contribution in [0.1, 0.15) is 45.7 Å². The first kappa shape index (κ1) is 17.2. The van der Waals surface area contributed by atoms with E-state index in [2.05, 4.69) is 10.4 Å². The van der Waals surface area contributed by atoms with Crippen molar-refractivity contribution in [1.29, 1.82) is 0 Å². The van der Waals surface area contributed by atoms with Crippen LogP contribution in [-0.2, 0) is 17.7 Å². The summed E-state index contributed by atoms with van der Waals surface area (Å²) in [6.07, 6.45) is 3.70. The molecule has 1 aromatic rings. The number of nitrogens with one attached hydrogen (secondary N) is 1. The first-order valence-electron chi connectivity index (χ1n) is 9.39. The largest absolute Gasteiger partial charge is 0.444 e. The van der Waals surface area contributed by atoms with Gasteiger partial charge in [-0.05, 0) is 46.5 Å². The molecule has 8 heteroatoms. The minimum Gasteiger partial charge on any atom is -0.444 e. The second-order valence-electron chi connectivity index (χ2n) is 8.59. The first-order valence-corrected chi connectivity index (χ1v) is 9.39. The van der Waals surface area contributed by atoms with Crippen LogP contribution < -0.4 is 5.32 Å². The van der Waals surface area contributed by atoms with Crippen LogP contribution in [0.25, 0.3) is 0 Å². The quantitative estimate of drug-likeness (QED) is 0.833. The standard InChI is InChI=1S/C18H27N5O3/c1-17(2,3)26-16(25)21-11-18(12-21)7-5-8-22(18)15(24)19-14-10-13-6-4-9-23(13)20-14/h10H,4-9,11-12H2,1-3H3,(H,19,20,24). The number of hydrogen-bond donors (Lipinski definition) is 1. The van der Waals surface area contributed by atoms with Crippen LogP contribution in [0.15, 0.2) is 6.07 Å². The van der Waals surface area contributed by atoms with Crippen molar-refractivity contribution in [3.8, 4) is 0 Å². The minimum atomic E-state index is -0.506. The van der Waals surface area contributed by atoms with Gasteiger partial charge in [-0.3, -0.25) is 10.00 Å². The Kier molecular flexibility index (Phi) is 3.89. The van der Waals surface area contributed by atoms with Crippen LogP contribution in [-0.4, -0.2) is 62.5 Å². The summed E-state index contributed by atoms with van der Waals surface area (Å²) in [6.45, 7) is 8.28. The summed E-state index contributed by atoms with van der Waals surface area (Å²) in [7, 11) is 0. The van der Waals surface area contributed by atoms with Gasteiger partial charge >= 0.3 is 12.1 Å². The molecule has 0 radical (unpaired) electrons. The van der Waals surface area contributed by atoms with Gasteiger partial charge in [0.05, 0.1) is 5.54 Å². The molecule has 0 aliphatic carbocycles. The number of aryl methyl sites for hydroxylation is 2. The second kappa shape index (κ2) is 5.89. The summed E-state index contributed by atoms with van der Waals surface area (Å²) in [5, 5.41) is 7.39. The molecule has 26 heavy (non-hydrogen) atoms. The number of urea groups is 1. The van der Waals surface area contributed by atoms with E-state index in [1.165, 1.54) is 5.69 Å². The van der Waals surface area contributed by atoms with Gasteiger partial charge in [0.25, 0.3) is 0 Å². The molecule has 0 bridgehead atoms. The number of carbonyl (C=O) groups is 2. The average Bonchev–Trinajstić information content (AvgIpc) is 3.16. The zero-order valence-electron chi connectivity index (χ0n) is 15.7. The van der Waals surface area contributed by atoms with Gasteiger partial charge in [-0.25, -0.2) is 9.59 Å². The first-order chi connectivity index (χ1) is 12.3. The number of aromatic nitrogens is 2. The fraction of sp³-hybridized carbons (Fsp3) is 0.722. The maximum Gasteiger partial charge on any atom is 0.410 e. The summed E-state index contributed by atoms with van der Waals surface area (Å²) in [4.78, 5) is 28.5. The van der Waals surface area contributed by atoms with Crippen molar-refractivity contribution in [3.05, 3.63) is 11.8 Å². The van der Waals surface area contributed by atoms with Gasteiger partial charge in [0.1, 0.15) is 5.60 Å². The van der Waals surface area contributed by atoms with Gasteiger partial charge in [-0.15, -0.1) is 0 Å². The van der Waals surface area contributed by atoms with Crippen molar-refractivity contribution in [2.24, 2.45) is 0 Å². The third-order valence-electron chi connectivity index (χ3n) is 5.36. The molecule has 0 unspecified atom stereocenters. The molecular formula is C18H27N5O3. The third-order valence-corrected chi connectivity index (χ3v) is 5.36. The maximum atomic E-state index is 12.8. The average molecular weight is 361 g/mol. The van der Waals surface area contributed by atoms with Gasteiger partial charge in [-0.2, -0.15) is 5.10 Å². The van der Waals surface area contributed by atoms with E-state index in [0.29, 0.717) is 25.5 Å². The fourth-order valence-electron chi connectivity index (χ4n) is 4.20. The SMILES string of the molecule is CC(C)(C)OC(=O)N1CC2(CCCN2C(=O)Nc2cc3n(n2)CCC3)C1. The molecular weight excluding hydrogens is 334 g/mol. The summed E-state index contributed by atoms with van der Waals surface area (Å²) in [6, 6.07) is 1.84. The summed E-state index contributed by atoms with van der Waals surface area (Å²) in [5.41, 5.74) is 0.411. The topological polar surface area (TPSA) is 79.7 Å². The van der Waals surface area contributed by atoms with Gasteiger partial charge in [0.2, 0.25) is 0 Å². The van der Waals surface area contributed by atoms with E-state index in [4.69, 9.17) is 4.74 Å². The molecule has 0 atom stereocenters. The number of likely N-dealkylation sites (tertiary alicyclic amines) is 2. The van der Waals surface area contributed by atoms with Crippen LogP contribution in [0, 0.1) is 0 Å². The molecule has 1 N–H and O–H groups in total. The Labute approximate surface area is 153 Å². The predicted molar refractivity (Wildman–Crippen MR) is 96.0 cm³/mol. The van der Waals surface area contributed by atoms with Gasteiger partial charge in [-0.1, -0.05) is 0 Å². The van der Waals surface area contributed by atoms with Crippen molar-refractivity contribution >= 4 is 17.9 Å². The molecule has 2 fully saturated rings. The van der Waals surface area contributed by atoms with Crippen LogP contribution in [0.3, 0.4) is 0 Å². The summed E-state index contributed by atoms with van der Waals surface area (Å²) >= 11 is 0. The third kappa shape index (κ3) is 3.01. The molecule has 1 spiro atoms. The Balaban J connectivity index is 1.38. The highest BCUT2D eigenvalue weighted by molar-refractivity contribution is 5.89. The second-order valence-corrected chi connectivity index (χ2v) is 8.59. The number of carbonyl (C=O) groups excluding carboxylic acids is 2. The zero-order valence-corrected chi connectivity index (χ0v) is 15.7. The maximum absolute atomic E-state index is 12.8. The Morgan fingerprint density at radius 1 is 1.23 bits per heavy atom. The molecule has 2 saturated heterocycles. The normalized spacial score (nSPS) is 20.9. The number of hydrogen-bond acceptors (Lipinski definition) is 4. The Hall–Kier alpha value is -2.25. The molecule has 4 rings (SSSR count). The summed E-state index contributed by atoms with van der Waals surface area (Å²) in [5.74, 6) is 0.620. The zero-order chi connectivity index (χ0) is 18.5. The van der Waals surface area contributed by atoms with E-state index >= 15 is 0 Å². The molecule has 142 valence electrons. The van der Waals surface area contributed by atoms with Crippen LogP contribution in [0.2, 0.25) is 0 Å². The molecule has 4 heterocycles. The molecule has 0 saturated carbocycles. The molecule has 0 aromatic carbocycles. The van der Waals surface area contributed by atoms with Crippen LogP contribution in [0.4, 0.5) is 15.4 Å². The number of anilines is 1. The molecule has 3 aliphatic heterocycles. The van der Waals surface area contributed by atoms with Crippen LogP contribution in [0.5, 0.6) is 0 Å². The number of rotatable bonds is 1. The summed E-state index contributed by atoms with van der Waals surface area (Å²) < 4.78 is 7.39. The highest BCUT2D eigenvalue weighted by atomic mass is 16.6. The Bertz CT molecular complexity index is 708. The monoisotopic (exact) mass is 361 g/mol. The lowest BCUT2D eigenvalue weighted by Gasteiger charge is -2.52. The van der Waals surface area contributed by atoms with E-state index in [1.54, 1.807) is 4.90 Å². The van der Waals surface area contributed by atoms with E-state index in [9.17, 15) is 9.59 Å². The lowest BCUT2D eigenvalue weighted by Crippen LogP contribution is -2.70. The van der Waals surface area contributed by atoms with Gasteiger partial charge in [0, 0.05) is 37.9 Å². The van der Waals surface area contributed by atoms with E-state index < -0.39 is 5.60 Å². The smallest absolute Gasteiger partial charge is 0.410 e. The molecule has 1 aromatic heterocycles. The highest BCUT2D eigenvalue weighted by Crippen LogP contribution is 2.38. The lowest BCUT2D eigenvalue weighted by molar-refractivity contribution is -0.0353.